The van der Waals surface area contributed by atoms with E-state index >= 15 is 0 Å². The molecule has 0 spiro atoms. The van der Waals surface area contributed by atoms with Crippen molar-refractivity contribution < 1.29 is 18.8 Å². The Labute approximate surface area is 151 Å². The molecule has 1 aromatic carbocycles. The minimum atomic E-state index is -0.760. The molecule has 0 saturated carbocycles. The number of aryl methyl sites for hydroxylation is 1. The van der Waals surface area contributed by atoms with Crippen LogP contribution in [0.15, 0.2) is 46.4 Å². The molecule has 4 amide bonds. The first-order chi connectivity index (χ1) is 12.4. The smallest absolute Gasteiger partial charge is 0.335 e. The van der Waals surface area contributed by atoms with E-state index in [1.807, 2.05) is 12.1 Å². The Kier molecular flexibility index (Phi) is 4.75. The van der Waals surface area contributed by atoms with Crippen LogP contribution in [0, 0.1) is 6.92 Å². The summed E-state index contributed by atoms with van der Waals surface area (Å²) in [5.74, 6) is 0.0104. The van der Waals surface area contributed by atoms with E-state index in [0.717, 1.165) is 16.9 Å². The highest BCUT2D eigenvalue weighted by Crippen LogP contribution is 2.25. The molecule has 6 heteroatoms. The van der Waals surface area contributed by atoms with E-state index in [4.69, 9.17) is 4.42 Å². The largest absolute Gasteiger partial charge is 0.462 e. The van der Waals surface area contributed by atoms with Crippen molar-refractivity contribution in [1.29, 1.82) is 0 Å². The molecule has 6 nitrogen and oxygen atoms in total. The number of rotatable bonds is 4. The number of carbonyl (C=O) groups is 3. The van der Waals surface area contributed by atoms with Crippen molar-refractivity contribution in [2.75, 3.05) is 4.90 Å². The fourth-order valence-electron chi connectivity index (χ4n) is 2.75. The lowest BCUT2D eigenvalue weighted by Crippen LogP contribution is -2.54. The summed E-state index contributed by atoms with van der Waals surface area (Å²) in [6.45, 7) is 5.97. The van der Waals surface area contributed by atoms with Crippen LogP contribution < -0.4 is 10.2 Å². The SMILES string of the molecule is CCC(C)c1ccc(N2C(=O)NC(=O)/C(=C\c3ccc(C)o3)C2=O)cc1. The van der Waals surface area contributed by atoms with Crippen molar-refractivity contribution in [3.63, 3.8) is 0 Å². The summed E-state index contributed by atoms with van der Waals surface area (Å²) < 4.78 is 5.39. The van der Waals surface area contributed by atoms with Gasteiger partial charge < -0.3 is 4.42 Å². The Balaban J connectivity index is 1.94. The second kappa shape index (κ2) is 7.00. The van der Waals surface area contributed by atoms with Gasteiger partial charge in [0.2, 0.25) is 0 Å². The van der Waals surface area contributed by atoms with Crippen LogP contribution in [0.5, 0.6) is 0 Å². The van der Waals surface area contributed by atoms with Crippen LogP contribution in [0.1, 0.15) is 43.3 Å². The Morgan fingerprint density at radius 1 is 1.12 bits per heavy atom. The van der Waals surface area contributed by atoms with E-state index in [2.05, 4.69) is 19.2 Å². The number of amides is 4. The first-order valence-electron chi connectivity index (χ1n) is 8.48. The van der Waals surface area contributed by atoms with Crippen molar-refractivity contribution in [1.82, 2.24) is 5.32 Å². The molecule has 1 saturated heterocycles. The second-order valence-corrected chi connectivity index (χ2v) is 6.31. The third-order valence-corrected chi connectivity index (χ3v) is 4.48. The molecule has 1 atom stereocenters. The number of benzene rings is 1. The van der Waals surface area contributed by atoms with E-state index in [0.29, 0.717) is 23.1 Å². The van der Waals surface area contributed by atoms with Gasteiger partial charge in [0.25, 0.3) is 11.8 Å². The topological polar surface area (TPSA) is 79.6 Å². The standard InChI is InChI=1S/C20H20N2O4/c1-4-12(2)14-6-8-15(9-7-14)22-19(24)17(18(23)21-20(22)25)11-16-10-5-13(3)26-16/h5-12H,4H2,1-3H3,(H,21,23,25)/b17-11+. The normalized spacial score (nSPS) is 17.6. The molecule has 0 bridgehead atoms. The van der Waals surface area contributed by atoms with Crippen molar-refractivity contribution in [2.24, 2.45) is 0 Å². The van der Waals surface area contributed by atoms with E-state index in [1.54, 1.807) is 31.2 Å². The Bertz CT molecular complexity index is 893. The summed E-state index contributed by atoms with van der Waals surface area (Å²) in [6, 6.07) is 9.83. The van der Waals surface area contributed by atoms with Crippen LogP contribution in [0.4, 0.5) is 10.5 Å². The lowest BCUT2D eigenvalue weighted by atomic mass is 9.98. The van der Waals surface area contributed by atoms with Crippen molar-refractivity contribution in [3.05, 3.63) is 59.1 Å². The van der Waals surface area contributed by atoms with Gasteiger partial charge in [-0.25, -0.2) is 9.69 Å². The number of hydrogen-bond acceptors (Lipinski definition) is 4. The number of furan rings is 1. The predicted octanol–water partition coefficient (Wildman–Crippen LogP) is 3.77. The zero-order valence-electron chi connectivity index (χ0n) is 14.9. The zero-order chi connectivity index (χ0) is 18.8. The first-order valence-corrected chi connectivity index (χ1v) is 8.48. The second-order valence-electron chi connectivity index (χ2n) is 6.31. The van der Waals surface area contributed by atoms with Gasteiger partial charge in [0, 0.05) is 0 Å². The Morgan fingerprint density at radius 3 is 2.38 bits per heavy atom. The lowest BCUT2D eigenvalue weighted by molar-refractivity contribution is -0.122. The average Bonchev–Trinajstić information content (AvgIpc) is 3.03. The third kappa shape index (κ3) is 3.31. The maximum atomic E-state index is 12.8. The van der Waals surface area contributed by atoms with Crippen LogP contribution in [-0.4, -0.2) is 17.8 Å². The van der Waals surface area contributed by atoms with Gasteiger partial charge in [-0.05, 0) is 55.2 Å². The van der Waals surface area contributed by atoms with E-state index < -0.39 is 17.8 Å². The molecule has 0 radical (unpaired) electrons. The van der Waals surface area contributed by atoms with Crippen molar-refractivity contribution in [2.45, 2.75) is 33.1 Å². The number of nitrogens with one attached hydrogen (secondary N) is 1. The predicted molar refractivity (Wildman–Crippen MR) is 97.6 cm³/mol. The Hall–Kier alpha value is -3.15. The van der Waals surface area contributed by atoms with Crippen LogP contribution in [0.3, 0.4) is 0 Å². The van der Waals surface area contributed by atoms with Gasteiger partial charge in [-0.15, -0.1) is 0 Å². The number of nitrogens with zero attached hydrogens (tertiary/aromatic N) is 1. The summed E-state index contributed by atoms with van der Waals surface area (Å²) in [7, 11) is 0. The minimum Gasteiger partial charge on any atom is -0.462 e. The highest BCUT2D eigenvalue weighted by atomic mass is 16.3. The number of urea groups is 1. The van der Waals surface area contributed by atoms with Gasteiger partial charge in [-0.2, -0.15) is 0 Å². The molecule has 2 heterocycles. The molecule has 1 unspecified atom stereocenters. The van der Waals surface area contributed by atoms with Gasteiger partial charge in [0.05, 0.1) is 5.69 Å². The molecule has 26 heavy (non-hydrogen) atoms. The van der Waals surface area contributed by atoms with Crippen LogP contribution in [-0.2, 0) is 9.59 Å². The number of imide groups is 2. The molecule has 1 aliphatic rings. The van der Waals surface area contributed by atoms with E-state index in [9.17, 15) is 14.4 Å². The highest BCUT2D eigenvalue weighted by Gasteiger charge is 2.37. The maximum absolute atomic E-state index is 12.8. The molecular weight excluding hydrogens is 332 g/mol. The first kappa shape index (κ1) is 17.7. The molecular formula is C20H20N2O4. The fourth-order valence-corrected chi connectivity index (χ4v) is 2.75. The maximum Gasteiger partial charge on any atom is 0.335 e. The summed E-state index contributed by atoms with van der Waals surface area (Å²) in [6.07, 6.45) is 2.34. The van der Waals surface area contributed by atoms with Crippen LogP contribution >= 0.6 is 0 Å². The monoisotopic (exact) mass is 352 g/mol. The summed E-state index contributed by atoms with van der Waals surface area (Å²) >= 11 is 0. The van der Waals surface area contributed by atoms with Gasteiger partial charge in [0.1, 0.15) is 17.1 Å². The van der Waals surface area contributed by atoms with Gasteiger partial charge >= 0.3 is 6.03 Å². The van der Waals surface area contributed by atoms with Crippen molar-refractivity contribution >= 4 is 29.6 Å². The third-order valence-electron chi connectivity index (χ3n) is 4.48. The number of barbiturate groups is 1. The molecule has 1 aromatic heterocycles. The minimum absolute atomic E-state index is 0.148. The van der Waals surface area contributed by atoms with Crippen LogP contribution in [0.2, 0.25) is 0 Å². The van der Waals surface area contributed by atoms with Crippen LogP contribution in [0.25, 0.3) is 6.08 Å². The lowest BCUT2D eigenvalue weighted by Gasteiger charge is -2.26. The number of hydrogen-bond donors (Lipinski definition) is 1. The summed E-state index contributed by atoms with van der Waals surface area (Å²) in [4.78, 5) is 38.0. The van der Waals surface area contributed by atoms with Gasteiger partial charge in [-0.1, -0.05) is 26.0 Å². The molecule has 1 aliphatic heterocycles. The zero-order valence-corrected chi connectivity index (χ0v) is 14.9. The molecule has 2 aromatic rings. The van der Waals surface area contributed by atoms with Crippen molar-refractivity contribution in [3.8, 4) is 0 Å². The molecule has 134 valence electrons. The summed E-state index contributed by atoms with van der Waals surface area (Å²) in [5, 5.41) is 2.20. The van der Waals surface area contributed by atoms with E-state index in [1.165, 1.54) is 6.08 Å². The average molecular weight is 352 g/mol. The number of anilines is 1. The fraction of sp³-hybridized carbons (Fsp3) is 0.250. The molecule has 1 N–H and O–H groups in total. The van der Waals surface area contributed by atoms with E-state index in [-0.39, 0.29) is 5.57 Å². The molecule has 3 rings (SSSR count). The Morgan fingerprint density at radius 2 is 1.81 bits per heavy atom. The summed E-state index contributed by atoms with van der Waals surface area (Å²) in [5.41, 5.74) is 1.39. The molecule has 1 fully saturated rings. The number of carbonyl (C=O) groups excluding carboxylic acids is 3. The highest BCUT2D eigenvalue weighted by molar-refractivity contribution is 6.39. The quantitative estimate of drug-likeness (QED) is 0.671. The van der Waals surface area contributed by atoms with Gasteiger partial charge in [0.15, 0.2) is 0 Å². The molecule has 0 aliphatic carbocycles. The van der Waals surface area contributed by atoms with Gasteiger partial charge in [-0.3, -0.25) is 14.9 Å².